The van der Waals surface area contributed by atoms with Crippen LogP contribution >= 0.6 is 15.9 Å². The molecule has 1 saturated heterocycles. The van der Waals surface area contributed by atoms with Gasteiger partial charge in [0.2, 0.25) is 0 Å². The average Bonchev–Trinajstić information content (AvgIpc) is 2.75. The minimum atomic E-state index is -0.125. The lowest BCUT2D eigenvalue weighted by Crippen LogP contribution is -2.46. The van der Waals surface area contributed by atoms with E-state index in [4.69, 9.17) is 14.9 Å². The standard InChI is InChI=1S/C8H17BrO.C8H16O2.C5H11NO2.C2H6/c2*9-7-5-3-1-2-4-6-8-10;1-6(7)2-4-8-5-3-6;1-2/h10H,1-8H2;7,10H,1-6,8H2;2-5H2,1H3;1-2H3. The number of rotatable bonds is 14. The number of alkyl halides is 1. The van der Waals surface area contributed by atoms with Gasteiger partial charge in [-0.3, -0.25) is 0 Å². The van der Waals surface area contributed by atoms with Crippen LogP contribution in [0.3, 0.4) is 0 Å². The topological polar surface area (TPSA) is 89.8 Å². The van der Waals surface area contributed by atoms with Crippen molar-refractivity contribution in [2.75, 3.05) is 51.9 Å². The smallest absolute Gasteiger partial charge is 0.119 e. The molecule has 0 aromatic rings. The molecule has 7 heteroatoms. The maximum atomic E-state index is 11.0. The number of carbonyl (C=O) groups excluding carboxylic acids is 1. The van der Waals surface area contributed by atoms with Gasteiger partial charge in [-0.1, -0.05) is 74.7 Å². The van der Waals surface area contributed by atoms with Gasteiger partial charge < -0.3 is 29.6 Å². The summed E-state index contributed by atoms with van der Waals surface area (Å²) in [5, 5.41) is 29.0. The number of ether oxygens (including phenoxy) is 1. The number of carbonyl (C=O) groups is 1. The number of hydrogen-bond acceptors (Lipinski definition) is 5. The summed E-state index contributed by atoms with van der Waals surface area (Å²) < 4.78 is 4.86. The fourth-order valence-electron chi connectivity index (χ4n) is 2.51. The Morgan fingerprint density at radius 1 is 0.833 bits per heavy atom. The average molecular weight is 501 g/mol. The van der Waals surface area contributed by atoms with E-state index in [0.717, 1.165) is 50.1 Å². The van der Waals surface area contributed by atoms with Crippen molar-refractivity contribution in [3.05, 3.63) is 5.21 Å². The Labute approximate surface area is 194 Å². The molecule has 1 aliphatic heterocycles. The lowest BCUT2D eigenvalue weighted by atomic mass is 10.1. The summed E-state index contributed by atoms with van der Waals surface area (Å²) in [5.74, 6) is 0. The zero-order valence-electron chi connectivity index (χ0n) is 20.0. The molecule has 0 unspecified atom stereocenters. The molecule has 6 nitrogen and oxygen atoms in total. The van der Waals surface area contributed by atoms with Crippen LogP contribution in [0.4, 0.5) is 0 Å². The van der Waals surface area contributed by atoms with E-state index in [1.807, 2.05) is 13.8 Å². The van der Waals surface area contributed by atoms with Gasteiger partial charge >= 0.3 is 0 Å². The van der Waals surface area contributed by atoms with Gasteiger partial charge in [0.25, 0.3) is 0 Å². The number of hydroxylamine groups is 3. The largest absolute Gasteiger partial charge is 0.633 e. The van der Waals surface area contributed by atoms with E-state index in [2.05, 4.69) is 15.9 Å². The Hall–Kier alpha value is -0.0500. The van der Waals surface area contributed by atoms with Gasteiger partial charge in [-0.2, -0.15) is 0 Å². The molecular weight excluding hydrogens is 450 g/mol. The number of aliphatic hydroxyl groups is 2. The minimum Gasteiger partial charge on any atom is -0.633 e. The third-order valence-corrected chi connectivity index (χ3v) is 5.00. The van der Waals surface area contributed by atoms with Gasteiger partial charge in [0.15, 0.2) is 0 Å². The van der Waals surface area contributed by atoms with E-state index in [1.54, 1.807) is 7.05 Å². The van der Waals surface area contributed by atoms with Crippen LogP contribution in [-0.4, -0.2) is 73.0 Å². The van der Waals surface area contributed by atoms with Gasteiger partial charge in [0.1, 0.15) is 19.4 Å². The fraction of sp³-hybridized carbons (Fsp3) is 0.957. The first-order chi connectivity index (χ1) is 14.5. The van der Waals surface area contributed by atoms with Crippen molar-refractivity contribution in [2.24, 2.45) is 0 Å². The summed E-state index contributed by atoms with van der Waals surface area (Å²) in [4.78, 5) is 9.85. The maximum Gasteiger partial charge on any atom is 0.119 e. The molecule has 0 bridgehead atoms. The van der Waals surface area contributed by atoms with Crippen LogP contribution in [0.25, 0.3) is 0 Å². The van der Waals surface area contributed by atoms with Crippen LogP contribution in [0.1, 0.15) is 90.9 Å². The number of halogens is 1. The zero-order chi connectivity index (χ0) is 23.3. The summed E-state index contributed by atoms with van der Waals surface area (Å²) in [6.45, 7) is 7.13. The number of morpholine rings is 1. The van der Waals surface area contributed by atoms with Crippen LogP contribution in [0.5, 0.6) is 0 Å². The van der Waals surface area contributed by atoms with Crippen LogP contribution in [0.15, 0.2) is 0 Å². The molecule has 1 aliphatic rings. The molecule has 1 rings (SSSR count). The lowest BCUT2D eigenvalue weighted by Gasteiger charge is -2.41. The van der Waals surface area contributed by atoms with Crippen molar-refractivity contribution in [2.45, 2.75) is 90.9 Å². The molecule has 2 N–H and O–H groups in total. The van der Waals surface area contributed by atoms with Gasteiger partial charge in [0, 0.05) is 25.0 Å². The Bertz CT molecular complexity index is 291. The predicted molar refractivity (Wildman–Crippen MR) is 131 cm³/mol. The van der Waals surface area contributed by atoms with Crippen LogP contribution < -0.4 is 0 Å². The fourth-order valence-corrected chi connectivity index (χ4v) is 2.91. The Morgan fingerprint density at radius 3 is 1.57 bits per heavy atom. The summed E-state index contributed by atoms with van der Waals surface area (Å²) >= 11 is 3.39. The molecule has 0 atom stereocenters. The number of hydrogen-bond donors (Lipinski definition) is 2. The SMILES string of the molecule is CC.C[N+]1([O-])CCOCC1.O=CCCCCCCCO.OCCCCCCCCBr. The first-order valence-electron chi connectivity index (χ1n) is 11.9. The van der Waals surface area contributed by atoms with Gasteiger partial charge in [-0.05, 0) is 25.7 Å². The monoisotopic (exact) mass is 499 g/mol. The van der Waals surface area contributed by atoms with Crippen molar-refractivity contribution in [3.63, 3.8) is 0 Å². The lowest BCUT2D eigenvalue weighted by molar-refractivity contribution is -0.869. The first kappa shape index (κ1) is 34.6. The maximum absolute atomic E-state index is 11.0. The molecule has 0 radical (unpaired) electrons. The zero-order valence-corrected chi connectivity index (χ0v) is 21.5. The van der Waals surface area contributed by atoms with Gasteiger partial charge in [-0.15, -0.1) is 0 Å². The number of nitrogens with zero attached hydrogens (tertiary/aromatic N) is 1. The van der Waals surface area contributed by atoms with Crippen LogP contribution in [0, 0.1) is 5.21 Å². The Morgan fingerprint density at radius 2 is 1.23 bits per heavy atom. The number of aldehydes is 1. The summed E-state index contributed by atoms with van der Waals surface area (Å²) in [6, 6.07) is 0. The van der Waals surface area contributed by atoms with E-state index >= 15 is 0 Å². The molecule has 1 heterocycles. The quantitative estimate of drug-likeness (QED) is 0.112. The van der Waals surface area contributed by atoms with Crippen LogP contribution in [0.2, 0.25) is 0 Å². The summed E-state index contributed by atoms with van der Waals surface area (Å²) in [7, 11) is 1.68. The summed E-state index contributed by atoms with van der Waals surface area (Å²) in [6.07, 6.45) is 14.3. The predicted octanol–water partition coefficient (Wildman–Crippen LogP) is 5.22. The van der Waals surface area contributed by atoms with Crippen molar-refractivity contribution < 1.29 is 24.4 Å². The molecule has 0 amide bonds. The first-order valence-corrected chi connectivity index (χ1v) is 13.0. The van der Waals surface area contributed by atoms with Crippen LogP contribution in [-0.2, 0) is 9.53 Å². The molecule has 0 spiro atoms. The third kappa shape index (κ3) is 35.4. The molecule has 0 aliphatic carbocycles. The van der Waals surface area contributed by atoms with E-state index in [0.29, 0.717) is 45.9 Å². The molecule has 30 heavy (non-hydrogen) atoms. The molecular formula is C23H50BrNO5. The Kier molecular flexibility index (Phi) is 35.9. The van der Waals surface area contributed by atoms with Crippen molar-refractivity contribution in [3.8, 4) is 0 Å². The molecule has 0 saturated carbocycles. The second-order valence-corrected chi connectivity index (χ2v) is 8.13. The van der Waals surface area contributed by atoms with Gasteiger partial charge in [-0.25, -0.2) is 0 Å². The summed E-state index contributed by atoms with van der Waals surface area (Å²) in [5.41, 5.74) is 0. The highest BCUT2D eigenvalue weighted by molar-refractivity contribution is 9.09. The molecule has 0 aromatic heterocycles. The second kappa shape index (κ2) is 31.1. The van der Waals surface area contributed by atoms with E-state index in [1.165, 1.54) is 32.1 Å². The second-order valence-electron chi connectivity index (χ2n) is 7.34. The molecule has 184 valence electrons. The number of aliphatic hydroxyl groups excluding tert-OH is 2. The molecule has 0 aromatic carbocycles. The van der Waals surface area contributed by atoms with E-state index in [-0.39, 0.29) is 4.65 Å². The number of quaternary nitrogens is 1. The van der Waals surface area contributed by atoms with E-state index < -0.39 is 0 Å². The highest BCUT2D eigenvalue weighted by atomic mass is 79.9. The Balaban J connectivity index is -0.000000351. The highest BCUT2D eigenvalue weighted by Gasteiger charge is 2.13. The van der Waals surface area contributed by atoms with Gasteiger partial charge in [0.05, 0.1) is 20.3 Å². The van der Waals surface area contributed by atoms with Crippen molar-refractivity contribution in [1.82, 2.24) is 0 Å². The minimum absolute atomic E-state index is 0.125. The van der Waals surface area contributed by atoms with Crippen molar-refractivity contribution in [1.29, 1.82) is 0 Å². The number of unbranched alkanes of at least 4 members (excludes halogenated alkanes) is 10. The van der Waals surface area contributed by atoms with E-state index in [9.17, 15) is 10.0 Å². The highest BCUT2D eigenvalue weighted by Crippen LogP contribution is 2.06. The van der Waals surface area contributed by atoms with Crippen molar-refractivity contribution >= 4 is 22.2 Å². The normalized spacial score (nSPS) is 14.2. The third-order valence-electron chi connectivity index (χ3n) is 4.44. The molecule has 1 fully saturated rings. The number of likely N-dealkylation sites (N-methyl/N-ethyl adjacent to an activating group) is 1.